The number of aliphatic imine (C=N–C) groups is 1. The number of likely N-dealkylation sites (N-methyl/N-ethyl adjacent to an activating group) is 1. The number of halogens is 2. The Morgan fingerprint density at radius 1 is 1.03 bits per heavy atom. The molecule has 6 nitrogen and oxygen atoms in total. The zero-order chi connectivity index (χ0) is 20.5. The fourth-order valence-electron chi connectivity index (χ4n) is 2.86. The van der Waals surface area contributed by atoms with Crippen molar-refractivity contribution < 1.29 is 9.47 Å². The maximum absolute atomic E-state index is 5.94. The molecule has 2 aromatic rings. The molecule has 0 bridgehead atoms. The molecule has 0 radical (unpaired) electrons. The van der Waals surface area contributed by atoms with Gasteiger partial charge in [0.25, 0.3) is 0 Å². The standard InChI is InChI=1S/C21H29ClN4O2.HI/c1-23-21(24-13-15-6-9-17(22)10-7-15)25-14-18(26(2)3)16-8-11-19(27-4)20(12-16)28-5;/h6-12,18H,13-14H2,1-5H3,(H2,23,24,25);1H. The number of ether oxygens (including phenoxy) is 2. The van der Waals surface area contributed by atoms with E-state index in [0.29, 0.717) is 13.1 Å². The summed E-state index contributed by atoms with van der Waals surface area (Å²) in [6.45, 7) is 1.35. The molecular weight excluding hydrogens is 503 g/mol. The number of guanidine groups is 1. The largest absolute Gasteiger partial charge is 0.493 e. The van der Waals surface area contributed by atoms with Gasteiger partial charge in [0.05, 0.1) is 20.3 Å². The highest BCUT2D eigenvalue weighted by Crippen LogP contribution is 2.31. The normalized spacial score (nSPS) is 12.2. The zero-order valence-corrected chi connectivity index (χ0v) is 20.6. The summed E-state index contributed by atoms with van der Waals surface area (Å²) in [5.41, 5.74) is 2.26. The number of methoxy groups -OCH3 is 2. The first kappa shape index (κ1) is 25.3. The highest BCUT2D eigenvalue weighted by molar-refractivity contribution is 14.0. The van der Waals surface area contributed by atoms with Gasteiger partial charge in [-0.1, -0.05) is 29.8 Å². The molecule has 1 atom stereocenters. The summed E-state index contributed by atoms with van der Waals surface area (Å²) >= 11 is 5.94. The predicted molar refractivity (Wildman–Crippen MR) is 131 cm³/mol. The fourth-order valence-corrected chi connectivity index (χ4v) is 2.99. The van der Waals surface area contributed by atoms with E-state index < -0.39 is 0 Å². The maximum atomic E-state index is 5.94. The monoisotopic (exact) mass is 532 g/mol. The minimum atomic E-state index is 0. The molecule has 0 saturated heterocycles. The topological polar surface area (TPSA) is 58.1 Å². The molecule has 1 unspecified atom stereocenters. The van der Waals surface area contributed by atoms with Gasteiger partial charge in [-0.05, 0) is 49.5 Å². The Bertz CT molecular complexity index is 785. The third-order valence-electron chi connectivity index (χ3n) is 4.48. The summed E-state index contributed by atoms with van der Waals surface area (Å²) < 4.78 is 10.8. The number of nitrogens with zero attached hydrogens (tertiary/aromatic N) is 2. The van der Waals surface area contributed by atoms with Gasteiger partial charge in [0.1, 0.15) is 0 Å². The minimum absolute atomic E-state index is 0. The summed E-state index contributed by atoms with van der Waals surface area (Å²) in [5.74, 6) is 2.18. The fraction of sp³-hybridized carbons (Fsp3) is 0.381. The van der Waals surface area contributed by atoms with Crippen molar-refractivity contribution in [3.63, 3.8) is 0 Å². The van der Waals surface area contributed by atoms with Crippen molar-refractivity contribution in [2.75, 3.05) is 41.9 Å². The molecule has 29 heavy (non-hydrogen) atoms. The van der Waals surface area contributed by atoms with Gasteiger partial charge in [0.2, 0.25) is 0 Å². The third kappa shape index (κ3) is 7.56. The molecule has 0 aliphatic carbocycles. The first-order valence-corrected chi connectivity index (χ1v) is 9.43. The number of benzene rings is 2. The van der Waals surface area contributed by atoms with Crippen molar-refractivity contribution in [2.24, 2.45) is 4.99 Å². The van der Waals surface area contributed by atoms with Crippen LogP contribution in [-0.4, -0.2) is 52.8 Å². The molecule has 0 amide bonds. The third-order valence-corrected chi connectivity index (χ3v) is 4.73. The Hall–Kier alpha value is -1.71. The molecule has 0 aromatic heterocycles. The summed E-state index contributed by atoms with van der Waals surface area (Å²) in [5, 5.41) is 7.45. The molecule has 0 aliphatic heterocycles. The number of nitrogens with one attached hydrogen (secondary N) is 2. The minimum Gasteiger partial charge on any atom is -0.493 e. The lowest BCUT2D eigenvalue weighted by Gasteiger charge is -2.26. The molecule has 0 fully saturated rings. The Morgan fingerprint density at radius 2 is 1.69 bits per heavy atom. The van der Waals surface area contributed by atoms with Crippen LogP contribution in [0.1, 0.15) is 17.2 Å². The van der Waals surface area contributed by atoms with Crippen LogP contribution in [0.15, 0.2) is 47.5 Å². The van der Waals surface area contributed by atoms with Crippen molar-refractivity contribution in [3.8, 4) is 11.5 Å². The molecule has 0 aliphatic rings. The summed E-state index contributed by atoms with van der Waals surface area (Å²) in [7, 11) is 9.14. The highest BCUT2D eigenvalue weighted by atomic mass is 127. The Labute approximate surface area is 195 Å². The van der Waals surface area contributed by atoms with Crippen LogP contribution in [0.4, 0.5) is 0 Å². The van der Waals surface area contributed by atoms with Gasteiger partial charge in [-0.25, -0.2) is 0 Å². The molecule has 8 heteroatoms. The maximum Gasteiger partial charge on any atom is 0.191 e. The van der Waals surface area contributed by atoms with E-state index >= 15 is 0 Å². The van der Waals surface area contributed by atoms with E-state index in [0.717, 1.165) is 33.6 Å². The van der Waals surface area contributed by atoms with Gasteiger partial charge >= 0.3 is 0 Å². The lowest BCUT2D eigenvalue weighted by atomic mass is 10.1. The van der Waals surface area contributed by atoms with Crippen molar-refractivity contribution in [3.05, 3.63) is 58.6 Å². The van der Waals surface area contributed by atoms with Crippen LogP contribution in [0.2, 0.25) is 5.02 Å². The average molecular weight is 533 g/mol. The lowest BCUT2D eigenvalue weighted by molar-refractivity contribution is 0.295. The van der Waals surface area contributed by atoms with Gasteiger partial charge in [-0.15, -0.1) is 24.0 Å². The Morgan fingerprint density at radius 3 is 2.24 bits per heavy atom. The summed E-state index contributed by atoms with van der Waals surface area (Å²) in [6.07, 6.45) is 0. The molecule has 2 aromatic carbocycles. The second kappa shape index (κ2) is 12.8. The predicted octanol–water partition coefficient (Wildman–Crippen LogP) is 3.94. The molecule has 0 heterocycles. The van der Waals surface area contributed by atoms with E-state index in [1.54, 1.807) is 21.3 Å². The van der Waals surface area contributed by atoms with Crippen LogP contribution in [0.25, 0.3) is 0 Å². The van der Waals surface area contributed by atoms with E-state index in [1.807, 2.05) is 50.5 Å². The smallest absolute Gasteiger partial charge is 0.191 e. The molecule has 0 spiro atoms. The summed E-state index contributed by atoms with van der Waals surface area (Å²) in [6, 6.07) is 13.9. The first-order valence-electron chi connectivity index (χ1n) is 9.05. The van der Waals surface area contributed by atoms with Crippen LogP contribution in [0, 0.1) is 0 Å². The summed E-state index contributed by atoms with van der Waals surface area (Å²) in [4.78, 5) is 6.47. The van der Waals surface area contributed by atoms with E-state index in [9.17, 15) is 0 Å². The van der Waals surface area contributed by atoms with Crippen LogP contribution in [-0.2, 0) is 6.54 Å². The number of rotatable bonds is 8. The SMILES string of the molecule is CN=C(NCc1ccc(Cl)cc1)NCC(c1ccc(OC)c(OC)c1)N(C)C.I. The van der Waals surface area contributed by atoms with Crippen LogP contribution >= 0.6 is 35.6 Å². The second-order valence-electron chi connectivity index (χ2n) is 6.53. The number of hydrogen-bond donors (Lipinski definition) is 2. The van der Waals surface area contributed by atoms with Crippen molar-refractivity contribution >= 4 is 41.5 Å². The molecular formula is C21H30ClIN4O2. The van der Waals surface area contributed by atoms with Gasteiger partial charge in [-0.2, -0.15) is 0 Å². The van der Waals surface area contributed by atoms with E-state index in [4.69, 9.17) is 21.1 Å². The number of hydrogen-bond acceptors (Lipinski definition) is 4. The van der Waals surface area contributed by atoms with Crippen molar-refractivity contribution in [1.82, 2.24) is 15.5 Å². The zero-order valence-electron chi connectivity index (χ0n) is 17.5. The van der Waals surface area contributed by atoms with E-state index in [-0.39, 0.29) is 30.0 Å². The molecule has 160 valence electrons. The van der Waals surface area contributed by atoms with Crippen molar-refractivity contribution in [1.29, 1.82) is 0 Å². The van der Waals surface area contributed by atoms with E-state index in [1.165, 1.54) is 0 Å². The highest BCUT2D eigenvalue weighted by Gasteiger charge is 2.17. The lowest BCUT2D eigenvalue weighted by Crippen LogP contribution is -2.41. The first-order chi connectivity index (χ1) is 13.5. The van der Waals surface area contributed by atoms with Gasteiger partial charge in [0.15, 0.2) is 17.5 Å². The van der Waals surface area contributed by atoms with Gasteiger partial charge in [0, 0.05) is 25.2 Å². The van der Waals surface area contributed by atoms with Crippen LogP contribution in [0.3, 0.4) is 0 Å². The molecule has 2 rings (SSSR count). The molecule has 0 saturated carbocycles. The van der Waals surface area contributed by atoms with Crippen molar-refractivity contribution in [2.45, 2.75) is 12.6 Å². The van der Waals surface area contributed by atoms with Crippen LogP contribution in [0.5, 0.6) is 11.5 Å². The average Bonchev–Trinajstić information content (AvgIpc) is 2.71. The van der Waals surface area contributed by atoms with Crippen LogP contribution < -0.4 is 20.1 Å². The Balaban J connectivity index is 0.00000420. The van der Waals surface area contributed by atoms with E-state index in [2.05, 4.69) is 26.6 Å². The molecule has 2 N–H and O–H groups in total. The Kier molecular flexibility index (Phi) is 11.2. The van der Waals surface area contributed by atoms with Gasteiger partial charge in [-0.3, -0.25) is 4.99 Å². The quantitative estimate of drug-likeness (QED) is 0.306. The second-order valence-corrected chi connectivity index (χ2v) is 6.96. The van der Waals surface area contributed by atoms with Gasteiger partial charge < -0.3 is 25.0 Å².